The zero-order chi connectivity index (χ0) is 35.5. The monoisotopic (exact) mass is 760 g/mol. The van der Waals surface area contributed by atoms with Crippen LogP contribution < -0.4 is 51.4 Å². The molecule has 0 saturated carbocycles. The van der Waals surface area contributed by atoms with E-state index in [4.69, 9.17) is 47.3 Å². The van der Waals surface area contributed by atoms with Gasteiger partial charge < -0.3 is 45.4 Å². The summed E-state index contributed by atoms with van der Waals surface area (Å²) in [5, 5.41) is 8.26. The average molecular weight is 761 g/mol. The number of hydrogen-bond acceptors (Lipinski definition) is 11. The molecule has 10 nitrogen and oxygen atoms in total. The smallest absolute Gasteiger partial charge is 0.512 e. The molecule has 2 aromatic rings. The van der Waals surface area contributed by atoms with Crippen LogP contribution >= 0.6 is 23.5 Å². The molecule has 0 radical (unpaired) electrons. The van der Waals surface area contributed by atoms with E-state index in [9.17, 15) is 0 Å². The van der Waals surface area contributed by atoms with Gasteiger partial charge in [0.2, 0.25) is 6.54 Å². The Kier molecular flexibility index (Phi) is 20.3. The Morgan fingerprint density at radius 1 is 0.745 bits per heavy atom. The van der Waals surface area contributed by atoms with Crippen molar-refractivity contribution in [3.05, 3.63) is 89.8 Å². The summed E-state index contributed by atoms with van der Waals surface area (Å²) in [5.74, 6) is 0.478. The molecule has 4 aliphatic rings. The SMILES string of the molecule is C.CC[C@H]1O[C@@H]2SC(N(C)C)=N[C@@H]2[C@@H](OCc2ccccc2)[C@@H]1C.[C-]#N.[C-]#[N+]C[C@H]1O[C@@H]2SC(N(C)C)=N[C@@H]2[C@@H](OCc2ccccc2)[C@@H]1C.[K+]. The maximum Gasteiger partial charge on any atom is 1.00 e. The Bertz CT molecular complexity index is 1440. The van der Waals surface area contributed by atoms with Gasteiger partial charge in [0.05, 0.1) is 31.5 Å². The van der Waals surface area contributed by atoms with E-state index in [-0.39, 0.29) is 112 Å². The van der Waals surface area contributed by atoms with Gasteiger partial charge in [0.1, 0.15) is 29.1 Å². The molecule has 0 bridgehead atoms. The number of rotatable bonds is 8. The van der Waals surface area contributed by atoms with Gasteiger partial charge in [-0.1, -0.05) is 112 Å². The molecular formula is C38H53KN6O4S2. The van der Waals surface area contributed by atoms with Crippen LogP contribution in [-0.4, -0.2) is 102 Å². The van der Waals surface area contributed by atoms with Gasteiger partial charge in [0, 0.05) is 40.0 Å². The molecule has 0 spiro atoms. The Hall–Kier alpha value is -1.46. The molecule has 0 unspecified atom stereocenters. The minimum absolute atomic E-state index is 0. The molecule has 2 saturated heterocycles. The third kappa shape index (κ3) is 12.0. The van der Waals surface area contributed by atoms with E-state index in [0.29, 0.717) is 25.7 Å². The Balaban J connectivity index is 0.000000325. The standard InChI is InChI=1S/C18H23N3O2S.C18H26N2O2S.CN.CH4.K/c1-12-14(10-19-2)23-17-15(20-18(24-17)21(3)4)16(12)22-11-13-8-6-5-7-9-13;1-5-14-12(2)16(21-11-13-9-7-6-8-10-13)15-17(22-14)23-18(19-15)20(3)4;1-2;;/h5-9,12,14-17H,10-11H2,1,3-4H3;6-10,12,14-17H,5,11H2,1-4H3;;1H4;/q;;-1;;+1/t2*12-,14-,15-,16+,17-;;;/m11.../s1. The zero-order valence-corrected chi connectivity index (χ0v) is 35.3. The van der Waals surface area contributed by atoms with Gasteiger partial charge >= 0.3 is 51.4 Å². The van der Waals surface area contributed by atoms with Gasteiger partial charge in [-0.15, -0.1) is 0 Å². The Morgan fingerprint density at radius 2 is 1.14 bits per heavy atom. The van der Waals surface area contributed by atoms with Crippen LogP contribution in [0.15, 0.2) is 70.6 Å². The minimum Gasteiger partial charge on any atom is -0.512 e. The second-order valence-corrected chi connectivity index (χ2v) is 15.0. The Morgan fingerprint density at radius 3 is 1.51 bits per heavy atom. The maximum absolute atomic E-state index is 7.19. The largest absolute Gasteiger partial charge is 1.00 e. The van der Waals surface area contributed by atoms with Crippen LogP contribution in [0.1, 0.15) is 45.7 Å². The van der Waals surface area contributed by atoms with Crippen molar-refractivity contribution >= 4 is 33.9 Å². The van der Waals surface area contributed by atoms with Gasteiger partial charge in [0.25, 0.3) is 0 Å². The minimum atomic E-state index is -0.103. The first kappa shape index (κ1) is 45.7. The summed E-state index contributed by atoms with van der Waals surface area (Å²) in [6, 6.07) is 20.6. The molecule has 13 heteroatoms. The Labute approximate surface area is 357 Å². The van der Waals surface area contributed by atoms with Crippen molar-refractivity contribution in [2.45, 2.75) is 95.2 Å². The van der Waals surface area contributed by atoms with Gasteiger partial charge in [-0.05, 0) is 17.5 Å². The third-order valence-electron chi connectivity index (χ3n) is 9.03. The summed E-state index contributed by atoms with van der Waals surface area (Å²) in [5.41, 5.74) is 2.37. The molecule has 0 aromatic heterocycles. The molecule has 272 valence electrons. The predicted octanol–water partition coefficient (Wildman–Crippen LogP) is 4.00. The van der Waals surface area contributed by atoms with Crippen molar-refractivity contribution in [2.24, 2.45) is 21.8 Å². The van der Waals surface area contributed by atoms with Gasteiger partial charge in [-0.3, -0.25) is 9.98 Å². The van der Waals surface area contributed by atoms with Crippen LogP contribution in [-0.2, 0) is 32.2 Å². The topological polar surface area (TPSA) is 96.3 Å². The first-order valence-corrected chi connectivity index (χ1v) is 18.5. The van der Waals surface area contributed by atoms with E-state index in [2.05, 4.69) is 66.9 Å². The summed E-state index contributed by atoms with van der Waals surface area (Å²) in [6.07, 6.45) is 1.20. The third-order valence-corrected chi connectivity index (χ3v) is 11.6. The number of fused-ring (bicyclic) bond motifs is 2. The summed E-state index contributed by atoms with van der Waals surface area (Å²) in [7, 11) is 8.04. The quantitative estimate of drug-likeness (QED) is 0.293. The molecule has 2 aromatic carbocycles. The van der Waals surface area contributed by atoms with E-state index in [1.165, 1.54) is 5.56 Å². The fraction of sp³-hybridized carbons (Fsp3) is 0.579. The van der Waals surface area contributed by atoms with Crippen molar-refractivity contribution in [1.29, 1.82) is 5.26 Å². The van der Waals surface area contributed by atoms with Crippen LogP contribution in [0.4, 0.5) is 0 Å². The summed E-state index contributed by atoms with van der Waals surface area (Å²) < 4.78 is 25.0. The van der Waals surface area contributed by atoms with Crippen LogP contribution in [0.3, 0.4) is 0 Å². The van der Waals surface area contributed by atoms with Crippen molar-refractivity contribution in [3.8, 4) is 0 Å². The fourth-order valence-electron chi connectivity index (χ4n) is 6.34. The van der Waals surface area contributed by atoms with E-state index in [1.807, 2.05) is 57.4 Å². The van der Waals surface area contributed by atoms with E-state index in [1.54, 1.807) is 23.5 Å². The van der Waals surface area contributed by atoms with Crippen LogP contribution in [0.2, 0.25) is 0 Å². The first-order valence-electron chi connectivity index (χ1n) is 16.7. The number of benzene rings is 2. The molecule has 4 heterocycles. The summed E-state index contributed by atoms with van der Waals surface area (Å²) in [6.45, 7) is 20.0. The fourth-order valence-corrected chi connectivity index (χ4v) is 8.65. The number of thioether (sulfide) groups is 2. The predicted molar refractivity (Wildman–Crippen MR) is 204 cm³/mol. The second-order valence-electron chi connectivity index (χ2n) is 12.9. The number of hydrogen-bond donors (Lipinski definition) is 0. The molecule has 0 N–H and O–H groups in total. The maximum atomic E-state index is 7.19. The number of amidine groups is 2. The molecule has 51 heavy (non-hydrogen) atoms. The van der Waals surface area contributed by atoms with Crippen molar-refractivity contribution in [1.82, 2.24) is 9.80 Å². The van der Waals surface area contributed by atoms with Crippen molar-refractivity contribution in [2.75, 3.05) is 34.7 Å². The molecule has 0 amide bonds. The van der Waals surface area contributed by atoms with Gasteiger partial charge in [-0.25, -0.2) is 6.57 Å². The molecule has 0 aliphatic carbocycles. The number of nitrogens with zero attached hydrogens (tertiary/aromatic N) is 6. The van der Waals surface area contributed by atoms with Crippen LogP contribution in [0.25, 0.3) is 4.85 Å². The molecule has 10 atom stereocenters. The average Bonchev–Trinajstić information content (AvgIpc) is 3.75. The summed E-state index contributed by atoms with van der Waals surface area (Å²) >= 11 is 3.35. The molecular weight excluding hydrogens is 708 g/mol. The normalized spacial score (nSPS) is 30.0. The molecule has 4 aliphatic heterocycles. The summed E-state index contributed by atoms with van der Waals surface area (Å²) in [4.78, 5) is 17.3. The molecule has 6 rings (SSSR count). The van der Waals surface area contributed by atoms with E-state index in [0.717, 1.165) is 22.3 Å². The van der Waals surface area contributed by atoms with Crippen molar-refractivity contribution < 1.29 is 70.3 Å². The van der Waals surface area contributed by atoms with Gasteiger partial charge in [0.15, 0.2) is 10.3 Å². The number of ether oxygens (including phenoxy) is 4. The first-order chi connectivity index (χ1) is 23.7. The van der Waals surface area contributed by atoms with Crippen LogP contribution in [0.5, 0.6) is 0 Å². The van der Waals surface area contributed by atoms with Gasteiger partial charge in [-0.2, -0.15) is 0 Å². The van der Waals surface area contributed by atoms with E-state index < -0.39 is 0 Å². The second kappa shape index (κ2) is 22.7. The van der Waals surface area contributed by atoms with E-state index >= 15 is 0 Å². The number of aliphatic imine (C=N–C) groups is 2. The molecule has 2 fully saturated rings. The zero-order valence-electron chi connectivity index (χ0n) is 30.5. The van der Waals surface area contributed by atoms with Crippen molar-refractivity contribution in [3.63, 3.8) is 0 Å². The van der Waals surface area contributed by atoms with Crippen LogP contribution in [0, 0.1) is 30.2 Å².